The number of amides is 1. The SMILES string of the molecule is CCOc1ccc(C(=O)NCc2nc(-c3cccc(C)c3)no2)cc1OCC. The van der Waals surface area contributed by atoms with Crippen LogP contribution in [0.4, 0.5) is 0 Å². The van der Waals surface area contributed by atoms with Crippen LogP contribution >= 0.6 is 0 Å². The predicted molar refractivity (Wildman–Crippen MR) is 104 cm³/mol. The van der Waals surface area contributed by atoms with Gasteiger partial charge < -0.3 is 19.3 Å². The van der Waals surface area contributed by atoms with Crippen LogP contribution in [0.5, 0.6) is 11.5 Å². The van der Waals surface area contributed by atoms with Crippen molar-refractivity contribution < 1.29 is 18.8 Å². The molecular weight excluding hydrogens is 358 g/mol. The highest BCUT2D eigenvalue weighted by atomic mass is 16.5. The number of carbonyl (C=O) groups is 1. The summed E-state index contributed by atoms with van der Waals surface area (Å²) in [6.45, 7) is 6.91. The van der Waals surface area contributed by atoms with E-state index >= 15 is 0 Å². The Labute approximate surface area is 163 Å². The van der Waals surface area contributed by atoms with Crippen LogP contribution in [0.3, 0.4) is 0 Å². The smallest absolute Gasteiger partial charge is 0.251 e. The molecule has 3 aromatic rings. The highest BCUT2D eigenvalue weighted by molar-refractivity contribution is 5.94. The number of benzene rings is 2. The number of rotatable bonds is 8. The molecule has 146 valence electrons. The van der Waals surface area contributed by atoms with Crippen molar-refractivity contribution in [3.8, 4) is 22.9 Å². The molecule has 0 unspecified atom stereocenters. The first-order chi connectivity index (χ1) is 13.6. The van der Waals surface area contributed by atoms with E-state index in [1.807, 2.05) is 45.0 Å². The van der Waals surface area contributed by atoms with E-state index < -0.39 is 0 Å². The van der Waals surface area contributed by atoms with Crippen LogP contribution in [0.15, 0.2) is 47.0 Å². The molecule has 0 saturated heterocycles. The van der Waals surface area contributed by atoms with Gasteiger partial charge in [-0.3, -0.25) is 4.79 Å². The zero-order chi connectivity index (χ0) is 19.9. The Bertz CT molecular complexity index is 952. The second kappa shape index (κ2) is 9.03. The van der Waals surface area contributed by atoms with Gasteiger partial charge in [-0.2, -0.15) is 4.98 Å². The Morgan fingerprint density at radius 3 is 2.61 bits per heavy atom. The summed E-state index contributed by atoms with van der Waals surface area (Å²) in [5.74, 6) is 1.71. The van der Waals surface area contributed by atoms with Gasteiger partial charge in [0.1, 0.15) is 0 Å². The summed E-state index contributed by atoms with van der Waals surface area (Å²) in [5.41, 5.74) is 2.44. The van der Waals surface area contributed by atoms with Crippen molar-refractivity contribution >= 4 is 5.91 Å². The van der Waals surface area contributed by atoms with Crippen LogP contribution in [0, 0.1) is 6.92 Å². The third-order valence-electron chi connectivity index (χ3n) is 3.95. The zero-order valence-electron chi connectivity index (χ0n) is 16.2. The van der Waals surface area contributed by atoms with Gasteiger partial charge in [0.25, 0.3) is 5.91 Å². The summed E-state index contributed by atoms with van der Waals surface area (Å²) in [6.07, 6.45) is 0. The minimum absolute atomic E-state index is 0.134. The minimum Gasteiger partial charge on any atom is -0.490 e. The van der Waals surface area contributed by atoms with Crippen molar-refractivity contribution in [3.63, 3.8) is 0 Å². The van der Waals surface area contributed by atoms with E-state index in [0.717, 1.165) is 11.1 Å². The highest BCUT2D eigenvalue weighted by Crippen LogP contribution is 2.28. The molecule has 0 saturated carbocycles. The van der Waals surface area contributed by atoms with Gasteiger partial charge in [-0.25, -0.2) is 0 Å². The Morgan fingerprint density at radius 1 is 1.07 bits per heavy atom. The van der Waals surface area contributed by atoms with Gasteiger partial charge in [0, 0.05) is 11.1 Å². The first-order valence-electron chi connectivity index (χ1n) is 9.18. The van der Waals surface area contributed by atoms with Crippen LogP contribution in [0.25, 0.3) is 11.4 Å². The topological polar surface area (TPSA) is 86.5 Å². The van der Waals surface area contributed by atoms with Gasteiger partial charge in [0.2, 0.25) is 11.7 Å². The number of hydrogen-bond acceptors (Lipinski definition) is 6. The largest absolute Gasteiger partial charge is 0.490 e. The molecule has 0 fully saturated rings. The van der Waals surface area contributed by atoms with Gasteiger partial charge in [-0.15, -0.1) is 0 Å². The fourth-order valence-electron chi connectivity index (χ4n) is 2.68. The molecule has 0 aliphatic carbocycles. The molecule has 0 radical (unpaired) electrons. The van der Waals surface area contributed by atoms with Crippen molar-refractivity contribution in [1.82, 2.24) is 15.5 Å². The van der Waals surface area contributed by atoms with Crippen molar-refractivity contribution in [2.45, 2.75) is 27.3 Å². The Kier molecular flexibility index (Phi) is 6.26. The quantitative estimate of drug-likeness (QED) is 0.639. The second-order valence-electron chi connectivity index (χ2n) is 6.09. The number of ether oxygens (including phenoxy) is 2. The van der Waals surface area contributed by atoms with E-state index in [1.54, 1.807) is 18.2 Å². The second-order valence-corrected chi connectivity index (χ2v) is 6.09. The average molecular weight is 381 g/mol. The van der Waals surface area contributed by atoms with Gasteiger partial charge in [0.05, 0.1) is 19.8 Å². The maximum atomic E-state index is 12.5. The van der Waals surface area contributed by atoms with Gasteiger partial charge >= 0.3 is 0 Å². The van der Waals surface area contributed by atoms with Crippen LogP contribution in [-0.2, 0) is 6.54 Å². The number of aromatic nitrogens is 2. The number of nitrogens with zero attached hydrogens (tertiary/aromatic N) is 2. The molecule has 7 nitrogen and oxygen atoms in total. The molecule has 1 aromatic heterocycles. The first-order valence-corrected chi connectivity index (χ1v) is 9.18. The normalized spacial score (nSPS) is 10.5. The van der Waals surface area contributed by atoms with Crippen molar-refractivity contribution in [1.29, 1.82) is 0 Å². The lowest BCUT2D eigenvalue weighted by Gasteiger charge is -2.12. The molecule has 0 spiro atoms. The van der Waals surface area contributed by atoms with Crippen molar-refractivity contribution in [3.05, 3.63) is 59.5 Å². The Morgan fingerprint density at radius 2 is 1.86 bits per heavy atom. The Hall–Kier alpha value is -3.35. The third kappa shape index (κ3) is 4.68. The van der Waals surface area contributed by atoms with Crippen LogP contribution in [0.1, 0.15) is 35.7 Å². The van der Waals surface area contributed by atoms with Crippen LogP contribution in [-0.4, -0.2) is 29.3 Å². The zero-order valence-corrected chi connectivity index (χ0v) is 16.2. The number of nitrogens with one attached hydrogen (secondary N) is 1. The van der Waals surface area contributed by atoms with Crippen LogP contribution in [0.2, 0.25) is 0 Å². The molecular formula is C21H23N3O4. The highest BCUT2D eigenvalue weighted by Gasteiger charge is 2.14. The molecule has 1 N–H and O–H groups in total. The third-order valence-corrected chi connectivity index (χ3v) is 3.95. The molecule has 0 aliphatic heterocycles. The van der Waals surface area contributed by atoms with E-state index in [0.29, 0.717) is 42.0 Å². The van der Waals surface area contributed by atoms with E-state index in [4.69, 9.17) is 14.0 Å². The lowest BCUT2D eigenvalue weighted by atomic mass is 10.1. The molecule has 28 heavy (non-hydrogen) atoms. The molecule has 0 aliphatic rings. The van der Waals surface area contributed by atoms with Crippen molar-refractivity contribution in [2.24, 2.45) is 0 Å². The monoisotopic (exact) mass is 381 g/mol. The first kappa shape index (κ1) is 19.4. The van der Waals surface area contributed by atoms with E-state index in [2.05, 4.69) is 15.5 Å². The van der Waals surface area contributed by atoms with Gasteiger partial charge in [-0.05, 0) is 45.0 Å². The summed E-state index contributed by atoms with van der Waals surface area (Å²) in [5, 5.41) is 6.76. The summed E-state index contributed by atoms with van der Waals surface area (Å²) in [6, 6.07) is 12.9. The summed E-state index contributed by atoms with van der Waals surface area (Å²) in [7, 11) is 0. The molecule has 0 bridgehead atoms. The minimum atomic E-state index is -0.265. The fourth-order valence-corrected chi connectivity index (χ4v) is 2.68. The average Bonchev–Trinajstić information content (AvgIpc) is 3.17. The summed E-state index contributed by atoms with van der Waals surface area (Å²) < 4.78 is 16.3. The lowest BCUT2D eigenvalue weighted by molar-refractivity contribution is 0.0945. The number of hydrogen-bond donors (Lipinski definition) is 1. The summed E-state index contributed by atoms with van der Waals surface area (Å²) in [4.78, 5) is 16.8. The van der Waals surface area contributed by atoms with Gasteiger partial charge in [-0.1, -0.05) is 28.9 Å². The van der Waals surface area contributed by atoms with Crippen LogP contribution < -0.4 is 14.8 Å². The molecule has 0 atom stereocenters. The standard InChI is InChI=1S/C21H23N3O4/c1-4-26-17-10-9-16(12-18(17)27-5-2)21(25)22-13-19-23-20(24-28-19)15-8-6-7-14(3)11-15/h6-12H,4-5,13H2,1-3H3,(H,22,25). The maximum Gasteiger partial charge on any atom is 0.251 e. The molecule has 2 aromatic carbocycles. The number of aryl methyl sites for hydroxylation is 1. The fraction of sp³-hybridized carbons (Fsp3) is 0.286. The lowest BCUT2D eigenvalue weighted by Crippen LogP contribution is -2.23. The number of carbonyl (C=O) groups excluding carboxylic acids is 1. The summed E-state index contributed by atoms with van der Waals surface area (Å²) >= 11 is 0. The predicted octanol–water partition coefficient (Wildman–Crippen LogP) is 3.77. The molecule has 1 amide bonds. The Balaban J connectivity index is 1.66. The maximum absolute atomic E-state index is 12.5. The molecule has 1 heterocycles. The van der Waals surface area contributed by atoms with E-state index in [1.165, 1.54) is 0 Å². The van der Waals surface area contributed by atoms with E-state index in [9.17, 15) is 4.79 Å². The van der Waals surface area contributed by atoms with E-state index in [-0.39, 0.29) is 12.5 Å². The molecule has 3 rings (SSSR count). The van der Waals surface area contributed by atoms with Gasteiger partial charge in [0.15, 0.2) is 11.5 Å². The molecule has 7 heteroatoms. The van der Waals surface area contributed by atoms with Crippen molar-refractivity contribution in [2.75, 3.05) is 13.2 Å².